The van der Waals surface area contributed by atoms with Gasteiger partial charge in [-0.15, -0.1) is 0 Å². The van der Waals surface area contributed by atoms with Crippen LogP contribution in [0.2, 0.25) is 0 Å². The second kappa shape index (κ2) is 8.70. The molecule has 3 heteroatoms. The van der Waals surface area contributed by atoms with Crippen molar-refractivity contribution in [1.82, 2.24) is 5.48 Å². The highest BCUT2D eigenvalue weighted by molar-refractivity contribution is 5.93. The maximum absolute atomic E-state index is 11.8. The standard InChI is InChI=1S/C15H23NO2/c1-3-5-12-14(9-4-2)18-16-15(17)13-10-7-6-8-11-13/h6-8,10-11,14H,3-5,9,12H2,1-2H3,(H,16,17). The quantitative estimate of drug-likeness (QED) is 0.713. The van der Waals surface area contributed by atoms with E-state index in [1.165, 1.54) is 0 Å². The van der Waals surface area contributed by atoms with Crippen LogP contribution in [-0.2, 0) is 4.84 Å². The van der Waals surface area contributed by atoms with Crippen molar-refractivity contribution in [2.24, 2.45) is 0 Å². The molecule has 1 rings (SSSR count). The third kappa shape index (κ3) is 5.32. The van der Waals surface area contributed by atoms with Crippen LogP contribution in [0.1, 0.15) is 56.3 Å². The summed E-state index contributed by atoms with van der Waals surface area (Å²) in [5.74, 6) is -0.173. The number of amides is 1. The van der Waals surface area contributed by atoms with Crippen LogP contribution in [0.3, 0.4) is 0 Å². The minimum Gasteiger partial charge on any atom is -0.270 e. The van der Waals surface area contributed by atoms with E-state index in [2.05, 4.69) is 19.3 Å². The van der Waals surface area contributed by atoms with Crippen molar-refractivity contribution in [3.05, 3.63) is 35.9 Å². The van der Waals surface area contributed by atoms with Crippen LogP contribution in [0.15, 0.2) is 30.3 Å². The molecule has 0 spiro atoms. The predicted octanol–water partition coefficient (Wildman–Crippen LogP) is 3.71. The van der Waals surface area contributed by atoms with Crippen molar-refractivity contribution in [2.45, 2.75) is 52.1 Å². The highest BCUT2D eigenvalue weighted by Crippen LogP contribution is 2.10. The first kappa shape index (κ1) is 14.7. The van der Waals surface area contributed by atoms with E-state index in [1.54, 1.807) is 12.1 Å². The van der Waals surface area contributed by atoms with E-state index in [0.29, 0.717) is 5.56 Å². The van der Waals surface area contributed by atoms with Crippen molar-refractivity contribution >= 4 is 5.91 Å². The summed E-state index contributed by atoms with van der Waals surface area (Å²) in [7, 11) is 0. The molecule has 100 valence electrons. The molecule has 0 fully saturated rings. The number of benzene rings is 1. The van der Waals surface area contributed by atoms with Crippen molar-refractivity contribution in [3.63, 3.8) is 0 Å². The summed E-state index contributed by atoms with van der Waals surface area (Å²) in [6.45, 7) is 4.28. The van der Waals surface area contributed by atoms with Crippen LogP contribution in [-0.4, -0.2) is 12.0 Å². The van der Waals surface area contributed by atoms with Crippen molar-refractivity contribution in [2.75, 3.05) is 0 Å². The zero-order valence-electron chi connectivity index (χ0n) is 11.3. The first-order valence-electron chi connectivity index (χ1n) is 6.79. The van der Waals surface area contributed by atoms with Gasteiger partial charge < -0.3 is 0 Å². The fraction of sp³-hybridized carbons (Fsp3) is 0.533. The predicted molar refractivity (Wildman–Crippen MR) is 73.2 cm³/mol. The number of hydrogen-bond acceptors (Lipinski definition) is 2. The van der Waals surface area contributed by atoms with Gasteiger partial charge in [-0.2, -0.15) is 0 Å². The smallest absolute Gasteiger partial charge is 0.270 e. The second-order valence-corrected chi connectivity index (χ2v) is 4.47. The van der Waals surface area contributed by atoms with Gasteiger partial charge in [-0.05, 0) is 25.0 Å². The Balaban J connectivity index is 2.39. The lowest BCUT2D eigenvalue weighted by molar-refractivity contribution is -0.0242. The topological polar surface area (TPSA) is 38.3 Å². The molecule has 0 aliphatic heterocycles. The molecule has 3 nitrogen and oxygen atoms in total. The van der Waals surface area contributed by atoms with Gasteiger partial charge in [0.2, 0.25) is 0 Å². The first-order chi connectivity index (χ1) is 8.77. The monoisotopic (exact) mass is 249 g/mol. The van der Waals surface area contributed by atoms with Gasteiger partial charge >= 0.3 is 0 Å². The molecule has 0 saturated carbocycles. The Labute approximate surface area is 109 Å². The Kier molecular flexibility index (Phi) is 7.11. The number of rotatable bonds is 8. The molecule has 0 aliphatic rings. The van der Waals surface area contributed by atoms with E-state index in [0.717, 1.165) is 32.1 Å². The lowest BCUT2D eigenvalue weighted by atomic mass is 10.1. The van der Waals surface area contributed by atoms with E-state index in [4.69, 9.17) is 4.84 Å². The van der Waals surface area contributed by atoms with Crippen molar-refractivity contribution in [1.29, 1.82) is 0 Å². The molecule has 0 aliphatic carbocycles. The summed E-state index contributed by atoms with van der Waals surface area (Å²) in [5, 5.41) is 0. The van der Waals surface area contributed by atoms with E-state index < -0.39 is 0 Å². The molecule has 0 heterocycles. The van der Waals surface area contributed by atoms with Crippen LogP contribution in [0.4, 0.5) is 0 Å². The third-order valence-electron chi connectivity index (χ3n) is 2.84. The summed E-state index contributed by atoms with van der Waals surface area (Å²) in [5.41, 5.74) is 3.18. The van der Waals surface area contributed by atoms with Crippen LogP contribution in [0.25, 0.3) is 0 Å². The van der Waals surface area contributed by atoms with Gasteiger partial charge in [0.1, 0.15) is 0 Å². The summed E-state index contributed by atoms with van der Waals surface area (Å²) in [4.78, 5) is 17.3. The molecule has 0 saturated heterocycles. The number of carbonyl (C=O) groups excluding carboxylic acids is 1. The first-order valence-corrected chi connectivity index (χ1v) is 6.79. The van der Waals surface area contributed by atoms with Crippen molar-refractivity contribution in [3.8, 4) is 0 Å². The number of unbranched alkanes of at least 4 members (excludes halogenated alkanes) is 1. The molecule has 18 heavy (non-hydrogen) atoms. The molecule has 0 radical (unpaired) electrons. The third-order valence-corrected chi connectivity index (χ3v) is 2.84. The van der Waals surface area contributed by atoms with Crippen LogP contribution >= 0.6 is 0 Å². The largest absolute Gasteiger partial charge is 0.274 e. The maximum atomic E-state index is 11.8. The number of carbonyl (C=O) groups is 1. The molecule has 1 amide bonds. The van der Waals surface area contributed by atoms with Crippen molar-refractivity contribution < 1.29 is 9.63 Å². The highest BCUT2D eigenvalue weighted by Gasteiger charge is 2.11. The zero-order valence-corrected chi connectivity index (χ0v) is 11.3. The van der Waals surface area contributed by atoms with Gasteiger partial charge in [0, 0.05) is 5.56 Å². The normalized spacial score (nSPS) is 12.1. The number of nitrogens with one attached hydrogen (secondary N) is 1. The Morgan fingerprint density at radius 3 is 2.50 bits per heavy atom. The molecular weight excluding hydrogens is 226 g/mol. The number of hydroxylamine groups is 1. The minimum atomic E-state index is -0.173. The maximum Gasteiger partial charge on any atom is 0.274 e. The molecule has 1 atom stereocenters. The molecule has 1 unspecified atom stereocenters. The number of hydrogen-bond donors (Lipinski definition) is 1. The van der Waals surface area contributed by atoms with Gasteiger partial charge in [-0.25, -0.2) is 5.48 Å². The molecule has 0 aromatic heterocycles. The van der Waals surface area contributed by atoms with Gasteiger partial charge in [0.05, 0.1) is 6.10 Å². The van der Waals surface area contributed by atoms with Crippen LogP contribution in [0.5, 0.6) is 0 Å². The molecule has 0 bridgehead atoms. The molecule has 1 N–H and O–H groups in total. The fourth-order valence-electron chi connectivity index (χ4n) is 1.80. The Morgan fingerprint density at radius 1 is 1.17 bits per heavy atom. The highest BCUT2D eigenvalue weighted by atomic mass is 16.7. The summed E-state index contributed by atoms with van der Waals surface area (Å²) in [6, 6.07) is 9.13. The Hall–Kier alpha value is -1.35. The summed E-state index contributed by atoms with van der Waals surface area (Å²) >= 11 is 0. The average Bonchev–Trinajstić information content (AvgIpc) is 2.42. The lowest BCUT2D eigenvalue weighted by Crippen LogP contribution is -2.29. The Morgan fingerprint density at radius 2 is 1.89 bits per heavy atom. The molecule has 1 aromatic carbocycles. The fourth-order valence-corrected chi connectivity index (χ4v) is 1.80. The van der Waals surface area contributed by atoms with Gasteiger partial charge in [-0.3, -0.25) is 9.63 Å². The lowest BCUT2D eigenvalue weighted by Gasteiger charge is -2.16. The van der Waals surface area contributed by atoms with Crippen LogP contribution in [0, 0.1) is 0 Å². The minimum absolute atomic E-state index is 0.127. The molecular formula is C15H23NO2. The van der Waals surface area contributed by atoms with E-state index in [-0.39, 0.29) is 12.0 Å². The van der Waals surface area contributed by atoms with Gasteiger partial charge in [-0.1, -0.05) is 51.3 Å². The van der Waals surface area contributed by atoms with Gasteiger partial charge in [0.15, 0.2) is 0 Å². The molecule has 1 aromatic rings. The Bertz CT molecular complexity index is 338. The summed E-state index contributed by atoms with van der Waals surface area (Å²) < 4.78 is 0. The zero-order chi connectivity index (χ0) is 13.2. The van der Waals surface area contributed by atoms with Crippen LogP contribution < -0.4 is 5.48 Å². The van der Waals surface area contributed by atoms with E-state index in [9.17, 15) is 4.79 Å². The SMILES string of the molecule is CCCCC(CCC)ONC(=O)c1ccccc1. The summed E-state index contributed by atoms with van der Waals surface area (Å²) in [6.07, 6.45) is 5.45. The van der Waals surface area contributed by atoms with E-state index in [1.807, 2.05) is 18.2 Å². The second-order valence-electron chi connectivity index (χ2n) is 4.47. The average molecular weight is 249 g/mol. The van der Waals surface area contributed by atoms with Gasteiger partial charge in [0.25, 0.3) is 5.91 Å². The van der Waals surface area contributed by atoms with E-state index >= 15 is 0 Å².